The van der Waals surface area contributed by atoms with Crippen LogP contribution >= 0.6 is 0 Å². The zero-order chi connectivity index (χ0) is 10.7. The van der Waals surface area contributed by atoms with Crippen molar-refractivity contribution in [1.29, 1.82) is 0 Å². The lowest BCUT2D eigenvalue weighted by Gasteiger charge is -2.03. The smallest absolute Gasteiger partial charge is 0.169 e. The predicted octanol–water partition coefficient (Wildman–Crippen LogP) is 3.26. The molecule has 0 fully saturated rings. The van der Waals surface area contributed by atoms with Gasteiger partial charge in [-0.05, 0) is 25.0 Å². The highest BCUT2D eigenvalue weighted by atomic mass is 19.2. The molecule has 0 aliphatic carbocycles. The first-order valence-electron chi connectivity index (χ1n) is 4.55. The van der Waals surface area contributed by atoms with Gasteiger partial charge in [0.15, 0.2) is 17.4 Å². The molecule has 0 aromatic heterocycles. The summed E-state index contributed by atoms with van der Waals surface area (Å²) in [5, 5.41) is 0. The fraction of sp³-hybridized carbons (Fsp3) is 0.364. The highest BCUT2D eigenvalue weighted by Gasteiger charge is 2.15. The highest BCUT2D eigenvalue weighted by molar-refractivity contribution is 5.96. The number of hydrogen-bond acceptors (Lipinski definition) is 1. The number of benzene rings is 1. The van der Waals surface area contributed by atoms with E-state index in [0.29, 0.717) is 6.42 Å². The van der Waals surface area contributed by atoms with E-state index in [1.165, 1.54) is 19.1 Å². The fourth-order valence-corrected chi connectivity index (χ4v) is 1.22. The van der Waals surface area contributed by atoms with Gasteiger partial charge in [0.25, 0.3) is 0 Å². The molecule has 0 unspecified atom stereocenters. The van der Waals surface area contributed by atoms with Crippen LogP contribution in [0.1, 0.15) is 35.7 Å². The van der Waals surface area contributed by atoms with E-state index in [4.69, 9.17) is 0 Å². The Morgan fingerprint density at radius 1 is 1.29 bits per heavy atom. The van der Waals surface area contributed by atoms with E-state index in [9.17, 15) is 13.6 Å². The van der Waals surface area contributed by atoms with Gasteiger partial charge in [-0.25, -0.2) is 8.78 Å². The molecule has 1 rings (SSSR count). The van der Waals surface area contributed by atoms with Crippen molar-refractivity contribution in [2.45, 2.75) is 26.7 Å². The molecule has 1 nitrogen and oxygen atoms in total. The van der Waals surface area contributed by atoms with E-state index >= 15 is 0 Å². The van der Waals surface area contributed by atoms with Crippen molar-refractivity contribution in [3.05, 3.63) is 34.9 Å². The van der Waals surface area contributed by atoms with Crippen molar-refractivity contribution in [3.8, 4) is 0 Å². The number of carbonyl (C=O) groups excluding carboxylic acids is 1. The van der Waals surface area contributed by atoms with Gasteiger partial charge in [-0.3, -0.25) is 4.79 Å². The minimum Gasteiger partial charge on any atom is -0.294 e. The number of ketones is 1. The van der Waals surface area contributed by atoms with Crippen LogP contribution < -0.4 is 0 Å². The Balaban J connectivity index is 3.11. The summed E-state index contributed by atoms with van der Waals surface area (Å²) in [5.74, 6) is -2.29. The average Bonchev–Trinajstić information content (AvgIpc) is 2.15. The molecule has 0 aliphatic heterocycles. The Morgan fingerprint density at radius 2 is 1.93 bits per heavy atom. The third kappa shape index (κ3) is 1.97. The Morgan fingerprint density at radius 3 is 2.50 bits per heavy atom. The highest BCUT2D eigenvalue weighted by Crippen LogP contribution is 2.17. The van der Waals surface area contributed by atoms with E-state index in [0.717, 1.165) is 0 Å². The maximum Gasteiger partial charge on any atom is 0.169 e. The number of rotatable bonds is 3. The molecule has 14 heavy (non-hydrogen) atoms. The molecule has 76 valence electrons. The predicted molar refractivity (Wildman–Crippen MR) is 50.3 cm³/mol. The van der Waals surface area contributed by atoms with Crippen molar-refractivity contribution in [2.24, 2.45) is 0 Å². The van der Waals surface area contributed by atoms with Crippen molar-refractivity contribution in [3.63, 3.8) is 0 Å². The van der Waals surface area contributed by atoms with Gasteiger partial charge in [0.2, 0.25) is 0 Å². The molecule has 0 spiro atoms. The monoisotopic (exact) mass is 198 g/mol. The van der Waals surface area contributed by atoms with Gasteiger partial charge in [-0.15, -0.1) is 0 Å². The number of carbonyl (C=O) groups is 1. The molecule has 1 aromatic rings. The number of aryl methyl sites for hydroxylation is 1. The molecule has 0 radical (unpaired) electrons. The van der Waals surface area contributed by atoms with Crippen LogP contribution in [0.4, 0.5) is 8.78 Å². The topological polar surface area (TPSA) is 17.1 Å². The molecule has 0 bridgehead atoms. The lowest BCUT2D eigenvalue weighted by Crippen LogP contribution is -2.04. The normalized spacial score (nSPS) is 10.3. The molecule has 0 heterocycles. The molecular weight excluding hydrogens is 186 g/mol. The van der Waals surface area contributed by atoms with Crippen molar-refractivity contribution >= 4 is 5.78 Å². The van der Waals surface area contributed by atoms with Gasteiger partial charge in [0.05, 0.1) is 5.56 Å². The first kappa shape index (κ1) is 10.8. The second-order valence-corrected chi connectivity index (χ2v) is 3.23. The number of hydrogen-bond donors (Lipinski definition) is 0. The Kier molecular flexibility index (Phi) is 3.33. The van der Waals surface area contributed by atoms with Crippen LogP contribution in [0.25, 0.3) is 0 Å². The summed E-state index contributed by atoms with van der Waals surface area (Å²) >= 11 is 0. The molecular formula is C11H12F2O. The molecule has 0 saturated heterocycles. The SMILES string of the molecule is CCCC(=O)c1ccc(C)c(F)c1F. The van der Waals surface area contributed by atoms with Crippen LogP contribution in [0.5, 0.6) is 0 Å². The lowest BCUT2D eigenvalue weighted by atomic mass is 10.0. The van der Waals surface area contributed by atoms with Crippen LogP contribution in [0, 0.1) is 18.6 Å². The first-order chi connectivity index (χ1) is 6.57. The van der Waals surface area contributed by atoms with E-state index in [-0.39, 0.29) is 23.3 Å². The van der Waals surface area contributed by atoms with Crippen LogP contribution in [0.15, 0.2) is 12.1 Å². The average molecular weight is 198 g/mol. The van der Waals surface area contributed by atoms with Crippen molar-refractivity contribution in [2.75, 3.05) is 0 Å². The molecule has 1 aromatic carbocycles. The lowest BCUT2D eigenvalue weighted by molar-refractivity contribution is 0.0977. The summed E-state index contributed by atoms with van der Waals surface area (Å²) in [4.78, 5) is 11.3. The van der Waals surface area contributed by atoms with Crippen molar-refractivity contribution in [1.82, 2.24) is 0 Å². The van der Waals surface area contributed by atoms with Crippen LogP contribution in [0.3, 0.4) is 0 Å². The van der Waals surface area contributed by atoms with Gasteiger partial charge in [-0.1, -0.05) is 13.0 Å². The summed E-state index contributed by atoms with van der Waals surface area (Å²) in [6, 6.07) is 2.76. The maximum atomic E-state index is 13.2. The van der Waals surface area contributed by atoms with E-state index in [2.05, 4.69) is 0 Å². The first-order valence-corrected chi connectivity index (χ1v) is 4.55. The quantitative estimate of drug-likeness (QED) is 0.681. The Hall–Kier alpha value is -1.25. The molecule has 0 saturated carbocycles. The molecule has 0 amide bonds. The maximum absolute atomic E-state index is 13.2. The largest absolute Gasteiger partial charge is 0.294 e. The summed E-state index contributed by atoms with van der Waals surface area (Å²) in [5.41, 5.74) is 0.0745. The van der Waals surface area contributed by atoms with Gasteiger partial charge < -0.3 is 0 Å². The molecule has 0 N–H and O–H groups in total. The standard InChI is InChI=1S/C11H12F2O/c1-3-4-9(14)8-6-5-7(2)10(12)11(8)13/h5-6H,3-4H2,1-2H3. The Bertz CT molecular complexity index is 359. The number of halogens is 2. The van der Waals surface area contributed by atoms with Crippen LogP contribution in [-0.2, 0) is 0 Å². The van der Waals surface area contributed by atoms with Crippen LogP contribution in [-0.4, -0.2) is 5.78 Å². The molecule has 0 aliphatic rings. The zero-order valence-electron chi connectivity index (χ0n) is 8.23. The summed E-state index contributed by atoms with van der Waals surface area (Å²) < 4.78 is 26.3. The second-order valence-electron chi connectivity index (χ2n) is 3.23. The molecule has 3 heteroatoms. The van der Waals surface area contributed by atoms with E-state index in [1.54, 1.807) is 0 Å². The Labute approximate surface area is 81.7 Å². The number of Topliss-reactive ketones (excluding diaryl/α,β-unsaturated/α-hetero) is 1. The third-order valence-electron chi connectivity index (χ3n) is 2.05. The third-order valence-corrected chi connectivity index (χ3v) is 2.05. The van der Waals surface area contributed by atoms with Crippen LogP contribution in [0.2, 0.25) is 0 Å². The fourth-order valence-electron chi connectivity index (χ4n) is 1.22. The van der Waals surface area contributed by atoms with Gasteiger partial charge in [0, 0.05) is 6.42 Å². The van der Waals surface area contributed by atoms with Gasteiger partial charge in [0.1, 0.15) is 0 Å². The second kappa shape index (κ2) is 4.31. The minimum absolute atomic E-state index is 0.144. The van der Waals surface area contributed by atoms with E-state index < -0.39 is 11.6 Å². The van der Waals surface area contributed by atoms with Crippen molar-refractivity contribution < 1.29 is 13.6 Å². The van der Waals surface area contributed by atoms with Gasteiger partial charge in [-0.2, -0.15) is 0 Å². The molecule has 0 atom stereocenters. The minimum atomic E-state index is -1.02. The summed E-state index contributed by atoms with van der Waals surface area (Å²) in [6.45, 7) is 3.28. The summed E-state index contributed by atoms with van der Waals surface area (Å²) in [6.07, 6.45) is 0.882. The zero-order valence-corrected chi connectivity index (χ0v) is 8.23. The van der Waals surface area contributed by atoms with E-state index in [1.807, 2.05) is 6.92 Å². The summed E-state index contributed by atoms with van der Waals surface area (Å²) in [7, 11) is 0. The van der Waals surface area contributed by atoms with Gasteiger partial charge >= 0.3 is 0 Å².